The normalized spacial score (nSPS) is 11.7. The Morgan fingerprint density at radius 2 is 1.77 bits per heavy atom. The van der Waals surface area contributed by atoms with Gasteiger partial charge < -0.3 is 18.8 Å². The van der Waals surface area contributed by atoms with Gasteiger partial charge in [-0.15, -0.1) is 0 Å². The highest BCUT2D eigenvalue weighted by Crippen LogP contribution is 2.28. The molecule has 0 spiro atoms. The smallest absolute Gasteiger partial charge is 0.245 e. The van der Waals surface area contributed by atoms with E-state index in [1.54, 1.807) is 69.7 Å². The van der Waals surface area contributed by atoms with Gasteiger partial charge in [-0.3, -0.25) is 9.78 Å². The van der Waals surface area contributed by atoms with Gasteiger partial charge in [-0.1, -0.05) is 24.3 Å². The first kappa shape index (κ1) is 28.1. The van der Waals surface area contributed by atoms with Gasteiger partial charge in [0.25, 0.3) is 0 Å². The fourth-order valence-electron chi connectivity index (χ4n) is 4.37. The number of nitrogens with zero attached hydrogens (tertiary/aromatic N) is 3. The summed E-state index contributed by atoms with van der Waals surface area (Å²) in [5.74, 6) is 1.48. The van der Waals surface area contributed by atoms with Crippen molar-refractivity contribution >= 4 is 26.8 Å². The second-order valence-corrected chi connectivity index (χ2v) is 11.2. The molecule has 4 rings (SSSR count). The molecule has 0 radical (unpaired) electrons. The van der Waals surface area contributed by atoms with Crippen molar-refractivity contribution in [2.24, 2.45) is 0 Å². The maximum atomic E-state index is 13.8. The topological polar surface area (TPSA) is 102 Å². The number of hydrogen-bond acceptors (Lipinski definition) is 7. The Bertz CT molecular complexity index is 1510. The number of para-hydroxylation sites is 1. The Morgan fingerprint density at radius 3 is 2.46 bits per heavy atom. The lowest BCUT2D eigenvalue weighted by Crippen LogP contribution is -2.46. The van der Waals surface area contributed by atoms with Crippen molar-refractivity contribution in [3.05, 3.63) is 84.4 Å². The number of amides is 1. The predicted molar refractivity (Wildman–Crippen MR) is 148 cm³/mol. The zero-order valence-corrected chi connectivity index (χ0v) is 23.3. The molecule has 9 nitrogen and oxygen atoms in total. The SMILES string of the molecule is COc1ccc(CCN(Cc2ccco2)C(=O)CN(C(C)C)S(=O)(=O)c2cccc3cccnc23)cc1OC. The van der Waals surface area contributed by atoms with Crippen LogP contribution in [-0.2, 0) is 27.8 Å². The maximum Gasteiger partial charge on any atom is 0.245 e. The van der Waals surface area contributed by atoms with Gasteiger partial charge in [0.15, 0.2) is 11.5 Å². The Balaban J connectivity index is 1.59. The van der Waals surface area contributed by atoms with Crippen LogP contribution >= 0.6 is 0 Å². The van der Waals surface area contributed by atoms with E-state index in [0.717, 1.165) is 5.56 Å². The van der Waals surface area contributed by atoms with E-state index in [4.69, 9.17) is 13.9 Å². The molecule has 0 aliphatic rings. The number of fused-ring (bicyclic) bond motifs is 1. The first-order chi connectivity index (χ1) is 18.7. The van der Waals surface area contributed by atoms with Crippen molar-refractivity contribution < 1.29 is 27.1 Å². The second kappa shape index (κ2) is 12.3. The van der Waals surface area contributed by atoms with Crippen molar-refractivity contribution in [2.75, 3.05) is 27.3 Å². The Kier molecular flexibility index (Phi) is 8.88. The highest BCUT2D eigenvalue weighted by molar-refractivity contribution is 7.89. The van der Waals surface area contributed by atoms with Crippen LogP contribution in [0.2, 0.25) is 0 Å². The summed E-state index contributed by atoms with van der Waals surface area (Å²) in [6.45, 7) is 3.74. The predicted octanol–water partition coefficient (Wildman–Crippen LogP) is 4.52. The van der Waals surface area contributed by atoms with Crippen LogP contribution in [0.1, 0.15) is 25.2 Å². The molecule has 39 heavy (non-hydrogen) atoms. The zero-order valence-electron chi connectivity index (χ0n) is 22.5. The number of ether oxygens (including phenoxy) is 2. The van der Waals surface area contributed by atoms with Gasteiger partial charge in [-0.05, 0) is 62.2 Å². The second-order valence-electron chi connectivity index (χ2n) is 9.31. The average Bonchev–Trinajstić information content (AvgIpc) is 3.46. The largest absolute Gasteiger partial charge is 0.493 e. The van der Waals surface area contributed by atoms with Crippen LogP contribution in [0, 0.1) is 0 Å². The number of benzene rings is 2. The number of carbonyl (C=O) groups excluding carboxylic acids is 1. The standard InChI is InChI=1S/C29H33N3O6S/c1-21(2)32(39(34,35)27-11-5-8-23-9-6-15-30-29(23)27)20-28(33)31(19-24-10-7-17-38-24)16-14-22-12-13-25(36-3)26(18-22)37-4/h5-13,15,17-18,21H,14,16,19-20H2,1-4H3. The molecule has 2 aromatic heterocycles. The van der Waals surface area contributed by atoms with E-state index in [1.807, 2.05) is 30.3 Å². The van der Waals surface area contributed by atoms with E-state index < -0.39 is 16.1 Å². The minimum Gasteiger partial charge on any atom is -0.493 e. The third kappa shape index (κ3) is 6.40. The third-order valence-electron chi connectivity index (χ3n) is 6.45. The third-order valence-corrected chi connectivity index (χ3v) is 8.50. The Hall–Kier alpha value is -3.89. The van der Waals surface area contributed by atoms with Crippen LogP contribution < -0.4 is 9.47 Å². The molecule has 0 atom stereocenters. The van der Waals surface area contributed by atoms with Crippen LogP contribution in [-0.4, -0.2) is 61.9 Å². The summed E-state index contributed by atoms with van der Waals surface area (Å²) in [6, 6.07) is 17.3. The highest BCUT2D eigenvalue weighted by atomic mass is 32.2. The summed E-state index contributed by atoms with van der Waals surface area (Å²) >= 11 is 0. The summed E-state index contributed by atoms with van der Waals surface area (Å²) in [5, 5.41) is 0.711. The van der Waals surface area contributed by atoms with Gasteiger partial charge in [-0.2, -0.15) is 4.31 Å². The fourth-order valence-corrected chi connectivity index (χ4v) is 6.13. The summed E-state index contributed by atoms with van der Waals surface area (Å²) in [6.07, 6.45) is 3.63. The first-order valence-electron chi connectivity index (χ1n) is 12.6. The number of furan rings is 1. The van der Waals surface area contributed by atoms with Crippen LogP contribution in [0.3, 0.4) is 0 Å². The van der Waals surface area contributed by atoms with Crippen LogP contribution in [0.25, 0.3) is 10.9 Å². The molecule has 4 aromatic rings. The molecule has 2 aromatic carbocycles. The van der Waals surface area contributed by atoms with E-state index in [-0.39, 0.29) is 23.9 Å². The lowest BCUT2D eigenvalue weighted by atomic mass is 10.1. The number of hydrogen-bond donors (Lipinski definition) is 0. The first-order valence-corrected chi connectivity index (χ1v) is 14.0. The molecule has 0 N–H and O–H groups in total. The average molecular weight is 552 g/mol. The van der Waals surface area contributed by atoms with Gasteiger partial charge in [0.1, 0.15) is 10.7 Å². The molecule has 206 valence electrons. The summed E-state index contributed by atoms with van der Waals surface area (Å²) < 4.78 is 45.1. The number of aromatic nitrogens is 1. The van der Waals surface area contributed by atoms with E-state index in [9.17, 15) is 13.2 Å². The molecule has 2 heterocycles. The van der Waals surface area contributed by atoms with Gasteiger partial charge in [0, 0.05) is 24.2 Å². The highest BCUT2D eigenvalue weighted by Gasteiger charge is 2.32. The molecule has 0 fully saturated rings. The van der Waals surface area contributed by atoms with Crippen molar-refractivity contribution in [2.45, 2.75) is 37.8 Å². The van der Waals surface area contributed by atoms with Gasteiger partial charge in [-0.25, -0.2) is 8.42 Å². The molecule has 0 saturated heterocycles. The Labute approximate surface area is 229 Å². The van der Waals surface area contributed by atoms with Gasteiger partial charge >= 0.3 is 0 Å². The molecular formula is C29H33N3O6S. The number of methoxy groups -OCH3 is 2. The van der Waals surface area contributed by atoms with Crippen molar-refractivity contribution in [1.29, 1.82) is 0 Å². The molecule has 0 aliphatic heterocycles. The zero-order chi connectivity index (χ0) is 28.0. The molecule has 0 bridgehead atoms. The number of pyridine rings is 1. The number of sulfonamides is 1. The fraction of sp³-hybridized carbons (Fsp3) is 0.310. The molecule has 0 unspecified atom stereocenters. The minimum atomic E-state index is -4.03. The van der Waals surface area contributed by atoms with Crippen LogP contribution in [0.4, 0.5) is 0 Å². The monoisotopic (exact) mass is 551 g/mol. The minimum absolute atomic E-state index is 0.0741. The number of rotatable bonds is 12. The Morgan fingerprint density at radius 1 is 1.00 bits per heavy atom. The van der Waals surface area contributed by atoms with Crippen LogP contribution in [0.15, 0.2) is 82.4 Å². The summed E-state index contributed by atoms with van der Waals surface area (Å²) in [4.78, 5) is 19.7. The van der Waals surface area contributed by atoms with E-state index in [1.165, 1.54) is 10.4 Å². The quantitative estimate of drug-likeness (QED) is 0.255. The molecular weight excluding hydrogens is 518 g/mol. The molecule has 1 amide bonds. The number of carbonyl (C=O) groups is 1. The molecule has 10 heteroatoms. The summed E-state index contributed by atoms with van der Waals surface area (Å²) in [5.41, 5.74) is 1.32. The lowest BCUT2D eigenvalue weighted by molar-refractivity contribution is -0.132. The molecule has 0 aliphatic carbocycles. The van der Waals surface area contributed by atoms with E-state index in [0.29, 0.717) is 41.1 Å². The van der Waals surface area contributed by atoms with Crippen molar-refractivity contribution in [3.8, 4) is 11.5 Å². The van der Waals surface area contributed by atoms with E-state index in [2.05, 4.69) is 4.98 Å². The molecule has 0 saturated carbocycles. The van der Waals surface area contributed by atoms with E-state index >= 15 is 0 Å². The van der Waals surface area contributed by atoms with Crippen LogP contribution in [0.5, 0.6) is 11.5 Å². The van der Waals surface area contributed by atoms with Gasteiger partial charge in [0.05, 0.1) is 39.1 Å². The maximum absolute atomic E-state index is 13.8. The lowest BCUT2D eigenvalue weighted by Gasteiger charge is -2.29. The van der Waals surface area contributed by atoms with Crippen molar-refractivity contribution in [3.63, 3.8) is 0 Å². The summed E-state index contributed by atoms with van der Waals surface area (Å²) in [7, 11) is -0.888. The van der Waals surface area contributed by atoms with Crippen molar-refractivity contribution in [1.82, 2.24) is 14.2 Å². The van der Waals surface area contributed by atoms with Gasteiger partial charge in [0.2, 0.25) is 15.9 Å².